The predicted octanol–water partition coefficient (Wildman–Crippen LogP) is 2.67. The summed E-state index contributed by atoms with van der Waals surface area (Å²) in [5.74, 6) is -1.17. The van der Waals surface area contributed by atoms with Crippen molar-refractivity contribution < 1.29 is 14.7 Å². The molecule has 6 nitrogen and oxygen atoms in total. The summed E-state index contributed by atoms with van der Waals surface area (Å²) in [6, 6.07) is 5.47. The van der Waals surface area contributed by atoms with Gasteiger partial charge in [-0.3, -0.25) is 4.79 Å². The Morgan fingerprint density at radius 1 is 1.19 bits per heavy atom. The van der Waals surface area contributed by atoms with Crippen molar-refractivity contribution >= 4 is 11.9 Å². The molecule has 1 atom stereocenters. The van der Waals surface area contributed by atoms with Gasteiger partial charge in [0.05, 0.1) is 5.69 Å². The summed E-state index contributed by atoms with van der Waals surface area (Å²) in [5.41, 5.74) is 5.81. The number of likely N-dealkylation sites (tertiary alicyclic amines) is 1. The number of carboxylic acids is 1. The monoisotopic (exact) mass is 353 g/mol. The molecule has 1 amide bonds. The van der Waals surface area contributed by atoms with Crippen molar-refractivity contribution in [2.75, 3.05) is 6.54 Å². The minimum Gasteiger partial charge on any atom is -0.480 e. The van der Waals surface area contributed by atoms with Gasteiger partial charge in [-0.1, -0.05) is 17.7 Å². The highest BCUT2D eigenvalue weighted by atomic mass is 16.4. The van der Waals surface area contributed by atoms with Crippen LogP contribution in [-0.2, 0) is 17.6 Å². The fraction of sp³-hybridized carbons (Fsp3) is 0.450. The van der Waals surface area contributed by atoms with Gasteiger partial charge in [0.25, 0.3) is 5.91 Å². The van der Waals surface area contributed by atoms with E-state index < -0.39 is 12.0 Å². The zero-order valence-electron chi connectivity index (χ0n) is 15.2. The number of aromatic nitrogens is 2. The molecule has 1 saturated heterocycles. The molecule has 2 aromatic rings. The molecular formula is C20H23N3O3. The SMILES string of the molecule is Cc1ccc(-n2nc(C(=O)N3CCC[C@@H]3C(=O)O)c3c2CCC3)c(C)c1. The van der Waals surface area contributed by atoms with Crippen molar-refractivity contribution in [1.29, 1.82) is 0 Å². The quantitative estimate of drug-likeness (QED) is 0.920. The third-order valence-corrected chi connectivity index (χ3v) is 5.51. The average Bonchev–Trinajstić information content (AvgIpc) is 3.30. The largest absolute Gasteiger partial charge is 0.480 e. The second kappa shape index (κ2) is 6.27. The van der Waals surface area contributed by atoms with Crippen LogP contribution in [0.3, 0.4) is 0 Å². The highest BCUT2D eigenvalue weighted by molar-refractivity contribution is 5.97. The number of fused-ring (bicyclic) bond motifs is 1. The molecule has 0 bridgehead atoms. The molecule has 0 unspecified atom stereocenters. The van der Waals surface area contributed by atoms with Crippen molar-refractivity contribution in [2.24, 2.45) is 0 Å². The smallest absolute Gasteiger partial charge is 0.326 e. The van der Waals surface area contributed by atoms with E-state index in [-0.39, 0.29) is 5.91 Å². The molecule has 6 heteroatoms. The Morgan fingerprint density at radius 2 is 2.00 bits per heavy atom. The minimum absolute atomic E-state index is 0.239. The first-order valence-corrected chi connectivity index (χ1v) is 9.19. The number of hydrogen-bond donors (Lipinski definition) is 1. The molecule has 1 aromatic heterocycles. The lowest BCUT2D eigenvalue weighted by Crippen LogP contribution is -2.40. The van der Waals surface area contributed by atoms with Crippen LogP contribution >= 0.6 is 0 Å². The lowest BCUT2D eigenvalue weighted by molar-refractivity contribution is -0.141. The van der Waals surface area contributed by atoms with Crippen molar-refractivity contribution in [3.05, 3.63) is 46.3 Å². The second-order valence-electron chi connectivity index (χ2n) is 7.32. The van der Waals surface area contributed by atoms with Gasteiger partial charge >= 0.3 is 5.97 Å². The van der Waals surface area contributed by atoms with E-state index in [1.54, 1.807) is 0 Å². The molecule has 26 heavy (non-hydrogen) atoms. The molecule has 2 heterocycles. The average molecular weight is 353 g/mol. The maximum atomic E-state index is 13.1. The lowest BCUT2D eigenvalue weighted by atomic mass is 10.1. The Labute approximate surface area is 152 Å². The van der Waals surface area contributed by atoms with Gasteiger partial charge < -0.3 is 10.0 Å². The second-order valence-corrected chi connectivity index (χ2v) is 7.32. The predicted molar refractivity (Wildman–Crippen MR) is 96.8 cm³/mol. The van der Waals surface area contributed by atoms with Gasteiger partial charge in [0, 0.05) is 17.8 Å². The van der Waals surface area contributed by atoms with Gasteiger partial charge in [0.1, 0.15) is 6.04 Å². The van der Waals surface area contributed by atoms with Crippen molar-refractivity contribution in [1.82, 2.24) is 14.7 Å². The van der Waals surface area contributed by atoms with Gasteiger partial charge in [-0.05, 0) is 57.6 Å². The molecule has 0 saturated carbocycles. The summed E-state index contributed by atoms with van der Waals surface area (Å²) in [5, 5.41) is 14.1. The fourth-order valence-corrected chi connectivity index (χ4v) is 4.25. The standard InChI is InChI=1S/C20H23N3O3/c1-12-8-9-15(13(2)11-12)23-16-6-3-5-14(16)18(21-23)19(24)22-10-4-7-17(22)20(25)26/h8-9,11,17H,3-7,10H2,1-2H3,(H,25,26)/t17-/m1/s1. The van der Waals surface area contributed by atoms with E-state index >= 15 is 0 Å². The number of aryl methyl sites for hydroxylation is 2. The first-order chi connectivity index (χ1) is 12.5. The number of aliphatic carboxylic acids is 1. The van der Waals surface area contributed by atoms with E-state index in [1.165, 1.54) is 10.5 Å². The van der Waals surface area contributed by atoms with Crippen LogP contribution in [0.15, 0.2) is 18.2 Å². The van der Waals surface area contributed by atoms with Gasteiger partial charge in [-0.2, -0.15) is 5.10 Å². The van der Waals surface area contributed by atoms with Gasteiger partial charge in [-0.15, -0.1) is 0 Å². The molecule has 1 N–H and O–H groups in total. The van der Waals surface area contributed by atoms with E-state index in [2.05, 4.69) is 18.1 Å². The molecule has 0 spiro atoms. The first-order valence-electron chi connectivity index (χ1n) is 9.19. The molecule has 0 radical (unpaired) electrons. The molecule has 1 aromatic carbocycles. The van der Waals surface area contributed by atoms with Crippen molar-refractivity contribution in [3.8, 4) is 5.69 Å². The van der Waals surface area contributed by atoms with Crippen LogP contribution in [0, 0.1) is 13.8 Å². The third kappa shape index (κ3) is 2.60. The van der Waals surface area contributed by atoms with Crippen LogP contribution in [0.5, 0.6) is 0 Å². The summed E-state index contributed by atoms with van der Waals surface area (Å²) in [7, 11) is 0. The maximum absolute atomic E-state index is 13.1. The van der Waals surface area contributed by atoms with Crippen LogP contribution < -0.4 is 0 Å². The Morgan fingerprint density at radius 3 is 2.73 bits per heavy atom. The highest BCUT2D eigenvalue weighted by Crippen LogP contribution is 2.31. The van der Waals surface area contributed by atoms with E-state index in [0.29, 0.717) is 18.7 Å². The molecular weight excluding hydrogens is 330 g/mol. The lowest BCUT2D eigenvalue weighted by Gasteiger charge is -2.20. The normalized spacial score (nSPS) is 19.0. The van der Waals surface area contributed by atoms with E-state index in [1.807, 2.05) is 23.7 Å². The van der Waals surface area contributed by atoms with Crippen LogP contribution in [0.2, 0.25) is 0 Å². The summed E-state index contributed by atoms with van der Waals surface area (Å²) in [4.78, 5) is 26.0. The van der Waals surface area contributed by atoms with Crippen molar-refractivity contribution in [3.63, 3.8) is 0 Å². The molecule has 136 valence electrons. The first kappa shape index (κ1) is 16.8. The number of amides is 1. The maximum Gasteiger partial charge on any atom is 0.326 e. The Hall–Kier alpha value is -2.63. The van der Waals surface area contributed by atoms with Crippen LogP contribution in [0.4, 0.5) is 0 Å². The minimum atomic E-state index is -0.929. The van der Waals surface area contributed by atoms with Crippen LogP contribution in [0.25, 0.3) is 5.69 Å². The molecule has 1 aliphatic heterocycles. The van der Waals surface area contributed by atoms with E-state index in [0.717, 1.165) is 48.2 Å². The number of rotatable bonds is 3. The Kier molecular flexibility index (Phi) is 4.05. The number of carbonyl (C=O) groups excluding carboxylic acids is 1. The number of hydrogen-bond acceptors (Lipinski definition) is 3. The number of carboxylic acid groups (broad SMARTS) is 1. The van der Waals surface area contributed by atoms with Gasteiger partial charge in [0.2, 0.25) is 0 Å². The molecule has 1 aliphatic carbocycles. The van der Waals surface area contributed by atoms with Gasteiger partial charge in [-0.25, -0.2) is 9.48 Å². The summed E-state index contributed by atoms with van der Waals surface area (Å²) in [6.45, 7) is 4.59. The van der Waals surface area contributed by atoms with Gasteiger partial charge in [0.15, 0.2) is 5.69 Å². The molecule has 1 fully saturated rings. The summed E-state index contributed by atoms with van der Waals surface area (Å²) < 4.78 is 1.90. The Bertz CT molecular complexity index is 900. The summed E-state index contributed by atoms with van der Waals surface area (Å²) >= 11 is 0. The summed E-state index contributed by atoms with van der Waals surface area (Å²) in [6.07, 6.45) is 3.96. The zero-order chi connectivity index (χ0) is 18.4. The van der Waals surface area contributed by atoms with E-state index in [9.17, 15) is 14.7 Å². The van der Waals surface area contributed by atoms with Crippen LogP contribution in [0.1, 0.15) is 52.1 Å². The molecule has 4 rings (SSSR count). The van der Waals surface area contributed by atoms with E-state index in [4.69, 9.17) is 0 Å². The van der Waals surface area contributed by atoms with Crippen molar-refractivity contribution in [2.45, 2.75) is 52.0 Å². The zero-order valence-corrected chi connectivity index (χ0v) is 15.2. The highest BCUT2D eigenvalue weighted by Gasteiger charge is 2.38. The number of nitrogens with zero attached hydrogens (tertiary/aromatic N) is 3. The number of carbonyl (C=O) groups is 2. The topological polar surface area (TPSA) is 75.4 Å². The fourth-order valence-electron chi connectivity index (χ4n) is 4.25. The number of benzene rings is 1. The Balaban J connectivity index is 1.77. The van der Waals surface area contributed by atoms with Crippen LogP contribution in [-0.4, -0.2) is 44.3 Å². The molecule has 2 aliphatic rings. The third-order valence-electron chi connectivity index (χ3n) is 5.51.